The van der Waals surface area contributed by atoms with Crippen LogP contribution in [-0.2, 0) is 14.4 Å². The van der Waals surface area contributed by atoms with E-state index in [1.54, 1.807) is 0 Å². The molecule has 0 heterocycles. The number of benzene rings is 2. The molecule has 0 fully saturated rings. The Balaban J connectivity index is 2.07. The van der Waals surface area contributed by atoms with Crippen molar-refractivity contribution in [3.8, 4) is 0 Å². The smallest absolute Gasteiger partial charge is 0.320 e. The van der Waals surface area contributed by atoms with Crippen molar-refractivity contribution in [2.24, 2.45) is 0 Å². The van der Waals surface area contributed by atoms with Crippen LogP contribution in [0.4, 0.5) is 5.69 Å². The Morgan fingerprint density at radius 1 is 1.12 bits per heavy atom. The van der Waals surface area contributed by atoms with Gasteiger partial charge in [0.05, 0.1) is 6.54 Å². The van der Waals surface area contributed by atoms with Gasteiger partial charge in [-0.05, 0) is 18.4 Å². The molecule has 0 aliphatic carbocycles. The van der Waals surface area contributed by atoms with Crippen molar-refractivity contribution >= 4 is 34.2 Å². The average molecular weight is 357 g/mol. The van der Waals surface area contributed by atoms with Crippen molar-refractivity contribution in [3.05, 3.63) is 42.5 Å². The van der Waals surface area contributed by atoms with E-state index in [9.17, 15) is 19.5 Å². The van der Waals surface area contributed by atoms with Gasteiger partial charge in [-0.15, -0.1) is 0 Å². The Labute approximate surface area is 152 Å². The zero-order chi connectivity index (χ0) is 19.1. The number of carbonyl (C=O) groups excluding carboxylic acids is 2. The van der Waals surface area contributed by atoms with E-state index in [2.05, 4.69) is 10.6 Å². The third-order valence-corrected chi connectivity index (χ3v) is 4.09. The highest BCUT2D eigenvalue weighted by Gasteiger charge is 2.23. The highest BCUT2D eigenvalue weighted by atomic mass is 16.4. The van der Waals surface area contributed by atoms with E-state index in [0.29, 0.717) is 5.69 Å². The number of nitrogens with one attached hydrogen (secondary N) is 2. The third kappa shape index (κ3) is 5.29. The predicted molar refractivity (Wildman–Crippen MR) is 99.9 cm³/mol. The van der Waals surface area contributed by atoms with Crippen LogP contribution in [0.3, 0.4) is 0 Å². The molecule has 7 heteroatoms. The molecule has 2 rings (SSSR count). The van der Waals surface area contributed by atoms with Crippen molar-refractivity contribution in [3.63, 3.8) is 0 Å². The summed E-state index contributed by atoms with van der Waals surface area (Å²) in [6.45, 7) is 3.35. The van der Waals surface area contributed by atoms with Gasteiger partial charge in [0.2, 0.25) is 11.8 Å². The minimum atomic E-state index is -1.02. The SMILES string of the molecule is CC(=O)NCCN(CC(=O)Nc1cccc2ccccc12)C(C)C(=O)O. The number of nitrogens with zero attached hydrogens (tertiary/aromatic N) is 1. The maximum absolute atomic E-state index is 12.5. The van der Waals surface area contributed by atoms with E-state index in [0.717, 1.165) is 10.8 Å². The fraction of sp³-hybridized carbons (Fsp3) is 0.316. The Morgan fingerprint density at radius 3 is 2.50 bits per heavy atom. The summed E-state index contributed by atoms with van der Waals surface area (Å²) in [4.78, 5) is 36.3. The number of fused-ring (bicyclic) bond motifs is 1. The molecule has 26 heavy (non-hydrogen) atoms. The van der Waals surface area contributed by atoms with Crippen LogP contribution in [0.2, 0.25) is 0 Å². The Kier molecular flexibility index (Phi) is 6.68. The van der Waals surface area contributed by atoms with Gasteiger partial charge in [0.15, 0.2) is 0 Å². The Hall–Kier alpha value is -2.93. The lowest BCUT2D eigenvalue weighted by molar-refractivity contribution is -0.142. The fourth-order valence-electron chi connectivity index (χ4n) is 2.65. The van der Waals surface area contributed by atoms with Crippen LogP contribution in [-0.4, -0.2) is 53.5 Å². The van der Waals surface area contributed by atoms with Crippen molar-refractivity contribution in [2.45, 2.75) is 19.9 Å². The second-order valence-electron chi connectivity index (χ2n) is 6.04. The molecular weight excluding hydrogens is 334 g/mol. The lowest BCUT2D eigenvalue weighted by Gasteiger charge is -2.25. The highest BCUT2D eigenvalue weighted by Crippen LogP contribution is 2.22. The topological polar surface area (TPSA) is 98.7 Å². The second-order valence-corrected chi connectivity index (χ2v) is 6.04. The first-order chi connectivity index (χ1) is 12.4. The van der Waals surface area contributed by atoms with Crippen LogP contribution in [0.25, 0.3) is 10.8 Å². The molecule has 138 valence electrons. The monoisotopic (exact) mass is 357 g/mol. The van der Waals surface area contributed by atoms with Crippen LogP contribution in [0.15, 0.2) is 42.5 Å². The molecule has 0 bridgehead atoms. The first-order valence-corrected chi connectivity index (χ1v) is 8.37. The van der Waals surface area contributed by atoms with Gasteiger partial charge < -0.3 is 15.7 Å². The normalized spacial score (nSPS) is 12.0. The Morgan fingerprint density at radius 2 is 1.81 bits per heavy atom. The van der Waals surface area contributed by atoms with Gasteiger partial charge in [-0.3, -0.25) is 19.3 Å². The summed E-state index contributed by atoms with van der Waals surface area (Å²) in [5.41, 5.74) is 0.679. The summed E-state index contributed by atoms with van der Waals surface area (Å²) >= 11 is 0. The number of rotatable bonds is 8. The van der Waals surface area contributed by atoms with Crippen molar-refractivity contribution in [2.75, 3.05) is 25.0 Å². The van der Waals surface area contributed by atoms with E-state index < -0.39 is 12.0 Å². The minimum Gasteiger partial charge on any atom is -0.480 e. The number of carboxylic acids is 1. The number of carbonyl (C=O) groups is 3. The number of hydrogen-bond donors (Lipinski definition) is 3. The highest BCUT2D eigenvalue weighted by molar-refractivity contribution is 6.02. The summed E-state index contributed by atoms with van der Waals surface area (Å²) in [7, 11) is 0. The van der Waals surface area contributed by atoms with E-state index in [4.69, 9.17) is 0 Å². The number of amides is 2. The summed E-state index contributed by atoms with van der Waals surface area (Å²) in [5, 5.41) is 16.6. The predicted octanol–water partition coefficient (Wildman–Crippen LogP) is 1.69. The standard InChI is InChI=1S/C19H23N3O4/c1-13(19(25)26)22(11-10-20-14(2)23)12-18(24)21-17-9-5-7-15-6-3-4-8-16(15)17/h3-9,13H,10-12H2,1-2H3,(H,20,23)(H,21,24)(H,25,26). The van der Waals surface area contributed by atoms with Gasteiger partial charge in [-0.25, -0.2) is 0 Å². The zero-order valence-corrected chi connectivity index (χ0v) is 14.9. The van der Waals surface area contributed by atoms with Gasteiger partial charge in [-0.2, -0.15) is 0 Å². The third-order valence-electron chi connectivity index (χ3n) is 4.09. The summed E-state index contributed by atoms with van der Waals surface area (Å²) in [5.74, 6) is -1.53. The molecule has 0 spiro atoms. The number of carboxylic acid groups (broad SMARTS) is 1. The molecule has 0 radical (unpaired) electrons. The molecule has 0 saturated heterocycles. The maximum Gasteiger partial charge on any atom is 0.320 e. The van der Waals surface area contributed by atoms with Gasteiger partial charge in [0.25, 0.3) is 0 Å². The minimum absolute atomic E-state index is 0.0870. The number of aliphatic carboxylic acids is 1. The van der Waals surface area contributed by atoms with Crippen LogP contribution < -0.4 is 10.6 Å². The fourth-order valence-corrected chi connectivity index (χ4v) is 2.65. The molecule has 3 N–H and O–H groups in total. The first-order valence-electron chi connectivity index (χ1n) is 8.37. The van der Waals surface area contributed by atoms with Gasteiger partial charge in [0, 0.05) is 31.1 Å². The number of hydrogen-bond acceptors (Lipinski definition) is 4. The molecular formula is C19H23N3O4. The molecule has 2 amide bonds. The van der Waals surface area contributed by atoms with Gasteiger partial charge in [-0.1, -0.05) is 36.4 Å². The van der Waals surface area contributed by atoms with E-state index >= 15 is 0 Å². The maximum atomic E-state index is 12.5. The summed E-state index contributed by atoms with van der Waals surface area (Å²) in [6.07, 6.45) is 0. The molecule has 2 aromatic carbocycles. The molecule has 7 nitrogen and oxygen atoms in total. The first kappa shape index (κ1) is 19.4. The van der Waals surface area contributed by atoms with Crippen molar-refractivity contribution < 1.29 is 19.5 Å². The zero-order valence-electron chi connectivity index (χ0n) is 14.9. The van der Waals surface area contributed by atoms with Crippen LogP contribution in [0.1, 0.15) is 13.8 Å². The molecule has 0 saturated carbocycles. The lowest BCUT2D eigenvalue weighted by Crippen LogP contribution is -2.46. The molecule has 1 atom stereocenters. The van der Waals surface area contributed by atoms with E-state index in [1.165, 1.54) is 18.7 Å². The Bertz CT molecular complexity index is 801. The molecule has 1 unspecified atom stereocenters. The summed E-state index contributed by atoms with van der Waals surface area (Å²) < 4.78 is 0. The molecule has 0 aromatic heterocycles. The molecule has 0 aliphatic rings. The van der Waals surface area contributed by atoms with Gasteiger partial charge >= 0.3 is 5.97 Å². The van der Waals surface area contributed by atoms with Crippen LogP contribution in [0.5, 0.6) is 0 Å². The van der Waals surface area contributed by atoms with Crippen LogP contribution >= 0.6 is 0 Å². The summed E-state index contributed by atoms with van der Waals surface area (Å²) in [6, 6.07) is 12.5. The quantitative estimate of drug-likeness (QED) is 0.668. The molecule has 0 aliphatic heterocycles. The average Bonchev–Trinajstić information content (AvgIpc) is 2.60. The lowest BCUT2D eigenvalue weighted by atomic mass is 10.1. The largest absolute Gasteiger partial charge is 0.480 e. The van der Waals surface area contributed by atoms with E-state index in [1.807, 2.05) is 42.5 Å². The second kappa shape index (κ2) is 8.96. The molecule has 2 aromatic rings. The van der Waals surface area contributed by atoms with Crippen molar-refractivity contribution in [1.82, 2.24) is 10.2 Å². The van der Waals surface area contributed by atoms with Crippen molar-refractivity contribution in [1.29, 1.82) is 0 Å². The van der Waals surface area contributed by atoms with Gasteiger partial charge in [0.1, 0.15) is 6.04 Å². The number of anilines is 1. The van der Waals surface area contributed by atoms with Crippen LogP contribution in [0, 0.1) is 0 Å². The van der Waals surface area contributed by atoms with E-state index in [-0.39, 0.29) is 31.4 Å².